The molecule has 1 aliphatic heterocycles. The average Bonchev–Trinajstić information content (AvgIpc) is 2.78. The molecule has 1 aliphatic rings. The van der Waals surface area contributed by atoms with Crippen molar-refractivity contribution in [1.29, 1.82) is 0 Å². The van der Waals surface area contributed by atoms with E-state index in [1.165, 1.54) is 24.0 Å². The van der Waals surface area contributed by atoms with Crippen molar-refractivity contribution >= 4 is 6.03 Å². The zero-order valence-electron chi connectivity index (χ0n) is 18.3. The maximum Gasteiger partial charge on any atom is 0.317 e. The number of carbonyl (C=O) groups is 1. The second kappa shape index (κ2) is 11.6. The highest BCUT2D eigenvalue weighted by molar-refractivity contribution is 5.73. The van der Waals surface area contributed by atoms with Crippen molar-refractivity contribution in [2.45, 2.75) is 25.7 Å². The van der Waals surface area contributed by atoms with E-state index in [9.17, 15) is 4.79 Å². The molecule has 1 N–H and O–H groups in total. The Kier molecular flexibility index (Phi) is 8.57. The van der Waals surface area contributed by atoms with Crippen LogP contribution in [0, 0.1) is 5.92 Å². The number of carbonyl (C=O) groups excluding carboxylic acids is 1. The van der Waals surface area contributed by atoms with Gasteiger partial charge in [-0.2, -0.15) is 0 Å². The van der Waals surface area contributed by atoms with Gasteiger partial charge in [0.25, 0.3) is 0 Å². The predicted molar refractivity (Wildman–Crippen MR) is 122 cm³/mol. The first-order valence-electron chi connectivity index (χ1n) is 11.0. The number of para-hydroxylation sites is 1. The molecule has 1 heterocycles. The smallest absolute Gasteiger partial charge is 0.317 e. The number of nitrogens with one attached hydrogen (secondary N) is 1. The highest BCUT2D eigenvalue weighted by atomic mass is 16.5. The molecule has 0 unspecified atom stereocenters. The summed E-state index contributed by atoms with van der Waals surface area (Å²) in [5, 5.41) is 3.05. The molecule has 0 saturated carbocycles. The monoisotopic (exact) mass is 409 g/mol. The van der Waals surface area contributed by atoms with E-state index in [0.717, 1.165) is 44.8 Å². The second-order valence-electron chi connectivity index (χ2n) is 8.22. The number of amides is 2. The van der Waals surface area contributed by atoms with Crippen LogP contribution in [-0.4, -0.2) is 62.7 Å². The molecule has 0 bridgehead atoms. The number of rotatable bonds is 9. The summed E-state index contributed by atoms with van der Waals surface area (Å²) >= 11 is 0. The number of benzene rings is 2. The SMILES string of the molecule is COc1ccccc1CCN1CCC[C@@H](CN(C)C(=O)NCCc2ccccc2)C1. The number of ether oxygens (including phenoxy) is 1. The minimum atomic E-state index is 0.0251. The lowest BCUT2D eigenvalue weighted by atomic mass is 9.97. The van der Waals surface area contributed by atoms with E-state index >= 15 is 0 Å². The summed E-state index contributed by atoms with van der Waals surface area (Å²) in [5.41, 5.74) is 2.51. The van der Waals surface area contributed by atoms with E-state index in [4.69, 9.17) is 4.74 Å². The number of hydrogen-bond donors (Lipinski definition) is 1. The quantitative estimate of drug-likeness (QED) is 0.685. The van der Waals surface area contributed by atoms with Crippen LogP contribution in [-0.2, 0) is 12.8 Å². The fourth-order valence-electron chi connectivity index (χ4n) is 4.26. The molecule has 5 nitrogen and oxygen atoms in total. The Hall–Kier alpha value is -2.53. The number of hydrogen-bond acceptors (Lipinski definition) is 3. The largest absolute Gasteiger partial charge is 0.496 e. The summed E-state index contributed by atoms with van der Waals surface area (Å²) in [6, 6.07) is 18.6. The fraction of sp³-hybridized carbons (Fsp3) is 0.480. The van der Waals surface area contributed by atoms with E-state index in [1.54, 1.807) is 7.11 Å². The molecule has 5 heteroatoms. The van der Waals surface area contributed by atoms with Crippen molar-refractivity contribution in [1.82, 2.24) is 15.1 Å². The normalized spacial score (nSPS) is 16.8. The molecule has 3 rings (SSSR count). The van der Waals surface area contributed by atoms with Gasteiger partial charge in [-0.1, -0.05) is 48.5 Å². The summed E-state index contributed by atoms with van der Waals surface area (Å²) in [7, 11) is 3.64. The summed E-state index contributed by atoms with van der Waals surface area (Å²) < 4.78 is 5.48. The third kappa shape index (κ3) is 6.77. The van der Waals surface area contributed by atoms with Crippen molar-refractivity contribution in [2.24, 2.45) is 5.92 Å². The highest BCUT2D eigenvalue weighted by Gasteiger charge is 2.22. The molecule has 2 aromatic rings. The predicted octanol–water partition coefficient (Wildman–Crippen LogP) is 3.83. The zero-order chi connectivity index (χ0) is 21.2. The molecule has 1 atom stereocenters. The lowest BCUT2D eigenvalue weighted by Crippen LogP contribution is -2.45. The fourth-order valence-corrected chi connectivity index (χ4v) is 4.26. The number of likely N-dealkylation sites (tertiary alicyclic amines) is 1. The van der Waals surface area contributed by atoms with Gasteiger partial charge < -0.3 is 19.9 Å². The summed E-state index contributed by atoms with van der Waals surface area (Å²) in [6.07, 6.45) is 4.24. The zero-order valence-corrected chi connectivity index (χ0v) is 18.3. The maximum atomic E-state index is 12.5. The van der Waals surface area contributed by atoms with Crippen LogP contribution in [0.4, 0.5) is 4.79 Å². The topological polar surface area (TPSA) is 44.8 Å². The van der Waals surface area contributed by atoms with Crippen LogP contribution in [0.15, 0.2) is 54.6 Å². The minimum Gasteiger partial charge on any atom is -0.496 e. The molecule has 162 valence electrons. The van der Waals surface area contributed by atoms with Crippen molar-refractivity contribution in [3.05, 3.63) is 65.7 Å². The Morgan fingerprint density at radius 3 is 2.70 bits per heavy atom. The van der Waals surface area contributed by atoms with Crippen LogP contribution in [0.2, 0.25) is 0 Å². The van der Waals surface area contributed by atoms with Crippen LogP contribution >= 0.6 is 0 Å². The number of nitrogens with zero attached hydrogens (tertiary/aromatic N) is 2. The van der Waals surface area contributed by atoms with Crippen molar-refractivity contribution in [2.75, 3.05) is 46.9 Å². The Balaban J connectivity index is 1.39. The van der Waals surface area contributed by atoms with Crippen LogP contribution in [0.25, 0.3) is 0 Å². The first-order chi connectivity index (χ1) is 14.7. The standard InChI is InChI=1S/C25H35N3O2/c1-27(25(29)26-16-14-21-9-4-3-5-10-21)19-22-11-8-17-28(20-22)18-15-23-12-6-7-13-24(23)30-2/h3-7,9-10,12-13,22H,8,11,14-20H2,1-2H3,(H,26,29)/t22-/m0/s1. The molecule has 0 radical (unpaired) electrons. The van der Waals surface area contributed by atoms with Crippen LogP contribution in [0.1, 0.15) is 24.0 Å². The van der Waals surface area contributed by atoms with Gasteiger partial charge in [-0.25, -0.2) is 4.79 Å². The average molecular weight is 410 g/mol. The van der Waals surface area contributed by atoms with Gasteiger partial charge in [-0.3, -0.25) is 0 Å². The van der Waals surface area contributed by atoms with Crippen LogP contribution in [0.3, 0.4) is 0 Å². The Morgan fingerprint density at radius 1 is 1.13 bits per heavy atom. The number of piperidine rings is 1. The molecule has 0 spiro atoms. The maximum absolute atomic E-state index is 12.5. The van der Waals surface area contributed by atoms with E-state index in [-0.39, 0.29) is 6.03 Å². The Bertz CT molecular complexity index is 781. The molecule has 2 amide bonds. The first-order valence-corrected chi connectivity index (χ1v) is 11.0. The van der Waals surface area contributed by atoms with Crippen molar-refractivity contribution < 1.29 is 9.53 Å². The van der Waals surface area contributed by atoms with E-state index in [1.807, 2.05) is 42.3 Å². The first kappa shape index (κ1) is 22.2. The number of urea groups is 1. The Labute approximate surface area is 181 Å². The van der Waals surface area contributed by atoms with Gasteiger partial charge in [0.1, 0.15) is 5.75 Å². The molecular weight excluding hydrogens is 374 g/mol. The Morgan fingerprint density at radius 2 is 1.90 bits per heavy atom. The third-order valence-electron chi connectivity index (χ3n) is 5.90. The molecule has 0 aromatic heterocycles. The van der Waals surface area contributed by atoms with E-state index in [2.05, 4.69) is 34.5 Å². The molecule has 0 aliphatic carbocycles. The number of methoxy groups -OCH3 is 1. The van der Waals surface area contributed by atoms with Gasteiger partial charge in [0, 0.05) is 33.2 Å². The van der Waals surface area contributed by atoms with Crippen LogP contribution < -0.4 is 10.1 Å². The van der Waals surface area contributed by atoms with Gasteiger partial charge in [0.2, 0.25) is 0 Å². The van der Waals surface area contributed by atoms with Gasteiger partial charge in [0.05, 0.1) is 7.11 Å². The molecule has 1 fully saturated rings. The van der Waals surface area contributed by atoms with Gasteiger partial charge in [-0.15, -0.1) is 0 Å². The third-order valence-corrected chi connectivity index (χ3v) is 5.90. The lowest BCUT2D eigenvalue weighted by Gasteiger charge is -2.34. The highest BCUT2D eigenvalue weighted by Crippen LogP contribution is 2.21. The van der Waals surface area contributed by atoms with Gasteiger partial charge in [0.15, 0.2) is 0 Å². The van der Waals surface area contributed by atoms with Crippen molar-refractivity contribution in [3.8, 4) is 5.75 Å². The molecule has 2 aromatic carbocycles. The van der Waals surface area contributed by atoms with Gasteiger partial charge >= 0.3 is 6.03 Å². The summed E-state index contributed by atoms with van der Waals surface area (Å²) in [6.45, 7) is 4.70. The summed E-state index contributed by atoms with van der Waals surface area (Å²) in [4.78, 5) is 16.8. The van der Waals surface area contributed by atoms with Crippen LogP contribution in [0.5, 0.6) is 5.75 Å². The molecule has 30 heavy (non-hydrogen) atoms. The van der Waals surface area contributed by atoms with E-state index in [0.29, 0.717) is 12.5 Å². The molecule has 1 saturated heterocycles. The summed E-state index contributed by atoms with van der Waals surface area (Å²) in [5.74, 6) is 1.50. The molecular formula is C25H35N3O2. The minimum absolute atomic E-state index is 0.0251. The van der Waals surface area contributed by atoms with Gasteiger partial charge in [-0.05, 0) is 55.3 Å². The lowest BCUT2D eigenvalue weighted by molar-refractivity contribution is 0.146. The second-order valence-corrected chi connectivity index (χ2v) is 8.22. The van der Waals surface area contributed by atoms with Crippen molar-refractivity contribution in [3.63, 3.8) is 0 Å². The van der Waals surface area contributed by atoms with E-state index < -0.39 is 0 Å².